The fraction of sp³-hybridized carbons (Fsp3) is 0.455. The Labute approximate surface area is 94.7 Å². The van der Waals surface area contributed by atoms with E-state index in [-0.39, 0.29) is 11.6 Å². The van der Waals surface area contributed by atoms with E-state index in [2.05, 4.69) is 4.98 Å². The second-order valence-corrected chi connectivity index (χ2v) is 3.61. The first kappa shape index (κ1) is 12.4. The number of nitrogens with zero attached hydrogens (tertiary/aromatic N) is 2. The van der Waals surface area contributed by atoms with Crippen LogP contribution in [0.1, 0.15) is 17.3 Å². The number of hydrogen-bond acceptors (Lipinski definition) is 4. The van der Waals surface area contributed by atoms with Crippen LogP contribution >= 0.6 is 0 Å². The Kier molecular flexibility index (Phi) is 4.25. The van der Waals surface area contributed by atoms with Gasteiger partial charge in [0.2, 0.25) is 0 Å². The molecule has 0 aromatic carbocycles. The van der Waals surface area contributed by atoms with E-state index in [4.69, 9.17) is 9.84 Å². The standard InChI is InChI=1S/C11H16N2O3/c1-8(7-16-3)13(2)10-6-12-5-4-9(10)11(14)15/h4-6,8H,7H2,1-3H3,(H,14,15). The van der Waals surface area contributed by atoms with E-state index < -0.39 is 5.97 Å². The summed E-state index contributed by atoms with van der Waals surface area (Å²) in [6, 6.07) is 1.58. The maximum Gasteiger partial charge on any atom is 0.337 e. The van der Waals surface area contributed by atoms with E-state index in [0.29, 0.717) is 12.3 Å². The molecular formula is C11H16N2O3. The number of methoxy groups -OCH3 is 1. The molecule has 1 N–H and O–H groups in total. The number of carboxylic acids is 1. The minimum absolute atomic E-state index is 0.0901. The SMILES string of the molecule is COCC(C)N(C)c1cnccc1C(=O)O. The van der Waals surface area contributed by atoms with Gasteiger partial charge in [-0.1, -0.05) is 0 Å². The van der Waals surface area contributed by atoms with E-state index in [1.54, 1.807) is 13.3 Å². The van der Waals surface area contributed by atoms with Gasteiger partial charge >= 0.3 is 5.97 Å². The molecule has 0 saturated heterocycles. The zero-order valence-corrected chi connectivity index (χ0v) is 9.67. The Morgan fingerprint density at radius 3 is 2.94 bits per heavy atom. The van der Waals surface area contributed by atoms with E-state index in [0.717, 1.165) is 0 Å². The lowest BCUT2D eigenvalue weighted by molar-refractivity contribution is 0.0697. The number of likely N-dealkylation sites (N-methyl/N-ethyl adjacent to an activating group) is 1. The van der Waals surface area contributed by atoms with Crippen molar-refractivity contribution in [1.29, 1.82) is 0 Å². The quantitative estimate of drug-likeness (QED) is 0.815. The summed E-state index contributed by atoms with van der Waals surface area (Å²) in [5.74, 6) is -0.950. The molecule has 0 aliphatic carbocycles. The molecule has 0 aliphatic rings. The van der Waals surface area contributed by atoms with Crippen LogP contribution in [0.2, 0.25) is 0 Å². The van der Waals surface area contributed by atoms with Crippen molar-refractivity contribution in [2.24, 2.45) is 0 Å². The molecule has 0 spiro atoms. The van der Waals surface area contributed by atoms with Gasteiger partial charge in [0.1, 0.15) is 0 Å². The van der Waals surface area contributed by atoms with Crippen molar-refractivity contribution in [2.45, 2.75) is 13.0 Å². The predicted molar refractivity (Wildman–Crippen MR) is 60.9 cm³/mol. The normalized spacial score (nSPS) is 12.2. The largest absolute Gasteiger partial charge is 0.478 e. The van der Waals surface area contributed by atoms with Crippen LogP contribution in [-0.4, -0.2) is 42.9 Å². The molecule has 0 radical (unpaired) electrons. The molecule has 0 bridgehead atoms. The van der Waals surface area contributed by atoms with Crippen LogP contribution in [0.15, 0.2) is 18.5 Å². The van der Waals surface area contributed by atoms with Gasteiger partial charge in [-0.3, -0.25) is 4.98 Å². The van der Waals surface area contributed by atoms with Gasteiger partial charge in [0, 0.05) is 26.4 Å². The lowest BCUT2D eigenvalue weighted by Crippen LogP contribution is -2.33. The highest BCUT2D eigenvalue weighted by molar-refractivity contribution is 5.94. The Morgan fingerprint density at radius 2 is 2.38 bits per heavy atom. The molecule has 1 unspecified atom stereocenters. The fourth-order valence-corrected chi connectivity index (χ4v) is 1.44. The van der Waals surface area contributed by atoms with Gasteiger partial charge < -0.3 is 14.7 Å². The zero-order chi connectivity index (χ0) is 12.1. The van der Waals surface area contributed by atoms with E-state index >= 15 is 0 Å². The van der Waals surface area contributed by atoms with Crippen molar-refractivity contribution in [3.8, 4) is 0 Å². The molecule has 1 atom stereocenters. The third-order valence-electron chi connectivity index (χ3n) is 2.48. The Balaban J connectivity index is 2.98. The van der Waals surface area contributed by atoms with Crippen molar-refractivity contribution in [3.05, 3.63) is 24.0 Å². The lowest BCUT2D eigenvalue weighted by atomic mass is 10.2. The molecule has 0 saturated carbocycles. The van der Waals surface area contributed by atoms with Crippen LogP contribution in [0.4, 0.5) is 5.69 Å². The second kappa shape index (κ2) is 5.46. The van der Waals surface area contributed by atoms with Crippen LogP contribution in [0.3, 0.4) is 0 Å². The minimum atomic E-state index is -0.950. The molecule has 1 heterocycles. The smallest absolute Gasteiger partial charge is 0.337 e. The number of ether oxygens (including phenoxy) is 1. The summed E-state index contributed by atoms with van der Waals surface area (Å²) in [5, 5.41) is 9.04. The third kappa shape index (κ3) is 2.70. The van der Waals surface area contributed by atoms with Gasteiger partial charge in [-0.05, 0) is 13.0 Å². The number of anilines is 1. The van der Waals surface area contributed by atoms with Crippen LogP contribution in [-0.2, 0) is 4.74 Å². The summed E-state index contributed by atoms with van der Waals surface area (Å²) >= 11 is 0. The maximum atomic E-state index is 11.0. The van der Waals surface area contributed by atoms with Crippen LogP contribution in [0, 0.1) is 0 Å². The number of aromatic carboxylic acids is 1. The second-order valence-electron chi connectivity index (χ2n) is 3.61. The summed E-state index contributed by atoms with van der Waals surface area (Å²) in [4.78, 5) is 16.8. The Bertz CT molecular complexity index is 368. The van der Waals surface area contributed by atoms with E-state index in [9.17, 15) is 4.79 Å². The number of aromatic nitrogens is 1. The number of pyridine rings is 1. The van der Waals surface area contributed by atoms with Crippen LogP contribution in [0.5, 0.6) is 0 Å². The highest BCUT2D eigenvalue weighted by Crippen LogP contribution is 2.19. The summed E-state index contributed by atoms with van der Waals surface area (Å²) in [5.41, 5.74) is 0.847. The van der Waals surface area contributed by atoms with Gasteiger partial charge in [-0.25, -0.2) is 4.79 Å². The molecule has 88 valence electrons. The average molecular weight is 224 g/mol. The average Bonchev–Trinajstić information content (AvgIpc) is 2.28. The molecule has 0 amide bonds. The topological polar surface area (TPSA) is 62.7 Å². The molecule has 0 aliphatic heterocycles. The predicted octanol–water partition coefficient (Wildman–Crippen LogP) is 1.25. The van der Waals surface area contributed by atoms with Crippen LogP contribution in [0.25, 0.3) is 0 Å². The van der Waals surface area contributed by atoms with Crippen LogP contribution < -0.4 is 4.90 Å². The van der Waals surface area contributed by atoms with Gasteiger partial charge in [0.15, 0.2) is 0 Å². The molecule has 1 rings (SSSR count). The highest BCUT2D eigenvalue weighted by atomic mass is 16.5. The van der Waals surface area contributed by atoms with Crippen molar-refractivity contribution in [2.75, 3.05) is 25.7 Å². The van der Waals surface area contributed by atoms with Gasteiger partial charge in [-0.15, -0.1) is 0 Å². The fourth-order valence-electron chi connectivity index (χ4n) is 1.44. The molecule has 5 nitrogen and oxygen atoms in total. The first-order valence-electron chi connectivity index (χ1n) is 4.97. The zero-order valence-electron chi connectivity index (χ0n) is 9.67. The molecule has 1 aromatic rings. The third-order valence-corrected chi connectivity index (χ3v) is 2.48. The van der Waals surface area contributed by atoms with Crippen molar-refractivity contribution >= 4 is 11.7 Å². The van der Waals surface area contributed by atoms with Gasteiger partial charge in [-0.2, -0.15) is 0 Å². The van der Waals surface area contributed by atoms with Crippen molar-refractivity contribution in [1.82, 2.24) is 4.98 Å². The number of carboxylic acid groups (broad SMARTS) is 1. The number of rotatable bonds is 5. The van der Waals surface area contributed by atoms with Crippen molar-refractivity contribution in [3.63, 3.8) is 0 Å². The lowest BCUT2D eigenvalue weighted by Gasteiger charge is -2.27. The van der Waals surface area contributed by atoms with Gasteiger partial charge in [0.25, 0.3) is 0 Å². The highest BCUT2D eigenvalue weighted by Gasteiger charge is 2.17. The molecule has 0 fully saturated rings. The summed E-state index contributed by atoms with van der Waals surface area (Å²) in [6.45, 7) is 2.49. The molecule has 16 heavy (non-hydrogen) atoms. The molecule has 5 heteroatoms. The van der Waals surface area contributed by atoms with E-state index in [1.165, 1.54) is 12.3 Å². The first-order valence-corrected chi connectivity index (χ1v) is 4.97. The Hall–Kier alpha value is -1.62. The van der Waals surface area contributed by atoms with Gasteiger partial charge in [0.05, 0.1) is 24.1 Å². The summed E-state index contributed by atoms with van der Waals surface area (Å²) < 4.78 is 5.04. The molecule has 1 aromatic heterocycles. The summed E-state index contributed by atoms with van der Waals surface area (Å²) in [6.07, 6.45) is 3.03. The number of carbonyl (C=O) groups is 1. The van der Waals surface area contributed by atoms with E-state index in [1.807, 2.05) is 18.9 Å². The minimum Gasteiger partial charge on any atom is -0.478 e. The number of hydrogen-bond donors (Lipinski definition) is 1. The maximum absolute atomic E-state index is 11.0. The van der Waals surface area contributed by atoms with Crippen molar-refractivity contribution < 1.29 is 14.6 Å². The summed E-state index contributed by atoms with van der Waals surface area (Å²) in [7, 11) is 3.44. The monoisotopic (exact) mass is 224 g/mol. The Morgan fingerprint density at radius 1 is 1.69 bits per heavy atom. The first-order chi connectivity index (χ1) is 7.57. The molecular weight excluding hydrogens is 208 g/mol.